The molecular formula is C9H7BrN2O3. The fraction of sp³-hybridized carbons (Fsp3) is 0.111. The zero-order valence-corrected chi connectivity index (χ0v) is 9.33. The van der Waals surface area contributed by atoms with Crippen molar-refractivity contribution in [1.82, 2.24) is 9.55 Å². The minimum atomic E-state index is -1.08. The van der Waals surface area contributed by atoms with Gasteiger partial charge < -0.3 is 14.7 Å². The number of halogens is 1. The first-order chi connectivity index (χ1) is 7.00. The molecule has 2 aromatic heterocycles. The van der Waals surface area contributed by atoms with Crippen molar-refractivity contribution in [2.75, 3.05) is 0 Å². The van der Waals surface area contributed by atoms with Gasteiger partial charge in [-0.15, -0.1) is 0 Å². The summed E-state index contributed by atoms with van der Waals surface area (Å²) < 4.78 is 2.07. The molecule has 0 saturated heterocycles. The van der Waals surface area contributed by atoms with Crippen LogP contribution >= 0.6 is 15.9 Å². The van der Waals surface area contributed by atoms with Crippen LogP contribution in [0.3, 0.4) is 0 Å². The fourth-order valence-electron chi connectivity index (χ4n) is 1.40. The Hall–Kier alpha value is -1.56. The van der Waals surface area contributed by atoms with Gasteiger partial charge in [0.2, 0.25) is 0 Å². The molecule has 0 spiro atoms. The van der Waals surface area contributed by atoms with Crippen LogP contribution in [0.2, 0.25) is 0 Å². The van der Waals surface area contributed by atoms with Crippen LogP contribution in [0.1, 0.15) is 10.5 Å². The van der Waals surface area contributed by atoms with Crippen molar-refractivity contribution in [1.29, 1.82) is 0 Å². The number of aryl methyl sites for hydroxylation is 1. The number of H-pyrrole nitrogens is 1. The number of carboxylic acid groups (broad SMARTS) is 1. The molecule has 2 N–H and O–H groups in total. The normalized spacial score (nSPS) is 10.8. The lowest BCUT2D eigenvalue weighted by Gasteiger charge is -1.98. The number of fused-ring (bicyclic) bond motifs is 1. The van der Waals surface area contributed by atoms with Gasteiger partial charge in [0.1, 0.15) is 11.2 Å². The predicted molar refractivity (Wildman–Crippen MR) is 58.2 cm³/mol. The molecule has 0 aromatic carbocycles. The Morgan fingerprint density at radius 3 is 2.87 bits per heavy atom. The summed E-state index contributed by atoms with van der Waals surface area (Å²) in [6.45, 7) is 0. The highest BCUT2D eigenvalue weighted by Gasteiger charge is 2.12. The van der Waals surface area contributed by atoms with E-state index in [1.807, 2.05) is 0 Å². The van der Waals surface area contributed by atoms with E-state index in [2.05, 4.69) is 20.9 Å². The van der Waals surface area contributed by atoms with Crippen LogP contribution in [0.4, 0.5) is 0 Å². The number of carbonyl (C=O) groups is 1. The first-order valence-electron chi connectivity index (χ1n) is 4.12. The molecule has 0 radical (unpaired) electrons. The maximum Gasteiger partial charge on any atom is 0.352 e. The highest BCUT2D eigenvalue weighted by atomic mass is 79.9. The molecule has 0 saturated carbocycles. The molecule has 6 heteroatoms. The Morgan fingerprint density at radius 2 is 2.27 bits per heavy atom. The van der Waals surface area contributed by atoms with Crippen molar-refractivity contribution < 1.29 is 9.90 Å². The van der Waals surface area contributed by atoms with Gasteiger partial charge in [-0.1, -0.05) is 0 Å². The van der Waals surface area contributed by atoms with Gasteiger partial charge in [0.15, 0.2) is 0 Å². The molecule has 0 fully saturated rings. The molecule has 5 nitrogen and oxygen atoms in total. The third-order valence-electron chi connectivity index (χ3n) is 2.15. The summed E-state index contributed by atoms with van der Waals surface area (Å²) in [6, 6.07) is 1.43. The minimum absolute atomic E-state index is 0.00833. The fourth-order valence-corrected chi connectivity index (χ4v) is 2.02. The van der Waals surface area contributed by atoms with Crippen LogP contribution in [0.5, 0.6) is 0 Å². The van der Waals surface area contributed by atoms with Crippen molar-refractivity contribution in [2.45, 2.75) is 0 Å². The van der Waals surface area contributed by atoms with E-state index in [1.54, 1.807) is 13.2 Å². The second-order valence-electron chi connectivity index (χ2n) is 3.17. The minimum Gasteiger partial charge on any atom is -0.477 e. The monoisotopic (exact) mass is 270 g/mol. The lowest BCUT2D eigenvalue weighted by atomic mass is 10.3. The van der Waals surface area contributed by atoms with Crippen LogP contribution < -0.4 is 5.56 Å². The van der Waals surface area contributed by atoms with Crippen LogP contribution in [-0.2, 0) is 7.05 Å². The predicted octanol–water partition coefficient (Wildman–Crippen LogP) is 1.33. The molecule has 0 aliphatic carbocycles. The molecule has 15 heavy (non-hydrogen) atoms. The van der Waals surface area contributed by atoms with Crippen LogP contribution in [0.25, 0.3) is 10.9 Å². The highest BCUT2D eigenvalue weighted by molar-refractivity contribution is 9.10. The molecule has 0 bridgehead atoms. The number of pyridine rings is 1. The SMILES string of the molecule is Cn1cc(Br)c2cc(C(=O)O)[nH]c2c1=O. The summed E-state index contributed by atoms with van der Waals surface area (Å²) in [4.78, 5) is 24.9. The van der Waals surface area contributed by atoms with Gasteiger partial charge in [-0.2, -0.15) is 0 Å². The molecule has 0 aliphatic rings. The van der Waals surface area contributed by atoms with E-state index in [-0.39, 0.29) is 11.3 Å². The molecule has 0 unspecified atom stereocenters. The summed E-state index contributed by atoms with van der Waals surface area (Å²) in [6.07, 6.45) is 1.60. The van der Waals surface area contributed by atoms with Crippen LogP contribution in [0, 0.1) is 0 Å². The van der Waals surface area contributed by atoms with E-state index in [4.69, 9.17) is 5.11 Å². The Kier molecular flexibility index (Phi) is 2.15. The smallest absolute Gasteiger partial charge is 0.352 e. The zero-order chi connectivity index (χ0) is 11.2. The van der Waals surface area contributed by atoms with E-state index >= 15 is 0 Å². The Morgan fingerprint density at radius 1 is 1.60 bits per heavy atom. The van der Waals surface area contributed by atoms with Gasteiger partial charge in [-0.25, -0.2) is 4.79 Å². The average Bonchev–Trinajstić information content (AvgIpc) is 2.59. The first-order valence-corrected chi connectivity index (χ1v) is 4.91. The van der Waals surface area contributed by atoms with E-state index in [1.165, 1.54) is 10.6 Å². The summed E-state index contributed by atoms with van der Waals surface area (Å²) in [5.41, 5.74) is 0.0546. The van der Waals surface area contributed by atoms with Crippen molar-refractivity contribution in [2.24, 2.45) is 7.05 Å². The average molecular weight is 271 g/mol. The zero-order valence-electron chi connectivity index (χ0n) is 7.74. The largest absolute Gasteiger partial charge is 0.477 e. The first kappa shape index (κ1) is 9.97. The molecule has 2 heterocycles. The van der Waals surface area contributed by atoms with E-state index in [0.717, 1.165) is 0 Å². The lowest BCUT2D eigenvalue weighted by Crippen LogP contribution is -2.16. The van der Waals surface area contributed by atoms with Gasteiger partial charge in [0, 0.05) is 23.1 Å². The Bertz CT molecular complexity index is 612. The van der Waals surface area contributed by atoms with Crippen molar-refractivity contribution in [3.05, 3.63) is 32.8 Å². The lowest BCUT2D eigenvalue weighted by molar-refractivity contribution is 0.0691. The molecule has 0 amide bonds. The van der Waals surface area contributed by atoms with Gasteiger partial charge >= 0.3 is 5.97 Å². The molecule has 0 aliphatic heterocycles. The number of aromatic amines is 1. The molecule has 0 atom stereocenters. The topological polar surface area (TPSA) is 75.1 Å². The number of carboxylic acids is 1. The summed E-state index contributed by atoms with van der Waals surface area (Å²) >= 11 is 3.27. The third-order valence-corrected chi connectivity index (χ3v) is 2.78. The highest BCUT2D eigenvalue weighted by Crippen LogP contribution is 2.21. The number of aromatic nitrogens is 2. The van der Waals surface area contributed by atoms with Gasteiger partial charge in [0.05, 0.1) is 0 Å². The second-order valence-corrected chi connectivity index (χ2v) is 4.02. The Labute approximate surface area is 92.5 Å². The number of rotatable bonds is 1. The van der Waals surface area contributed by atoms with Crippen molar-refractivity contribution in [3.63, 3.8) is 0 Å². The molecule has 2 rings (SSSR count). The van der Waals surface area contributed by atoms with Crippen molar-refractivity contribution in [3.8, 4) is 0 Å². The van der Waals surface area contributed by atoms with E-state index < -0.39 is 5.97 Å². The van der Waals surface area contributed by atoms with Gasteiger partial charge in [-0.3, -0.25) is 4.79 Å². The van der Waals surface area contributed by atoms with Gasteiger partial charge in [0.25, 0.3) is 5.56 Å². The summed E-state index contributed by atoms with van der Waals surface area (Å²) in [7, 11) is 1.60. The quantitative estimate of drug-likeness (QED) is 0.821. The van der Waals surface area contributed by atoms with E-state index in [0.29, 0.717) is 15.4 Å². The van der Waals surface area contributed by atoms with Crippen LogP contribution in [0.15, 0.2) is 21.5 Å². The molecule has 78 valence electrons. The summed E-state index contributed by atoms with van der Waals surface area (Å²) in [5, 5.41) is 9.36. The number of hydrogen-bond donors (Lipinski definition) is 2. The van der Waals surface area contributed by atoms with Crippen molar-refractivity contribution >= 4 is 32.8 Å². The maximum absolute atomic E-state index is 11.6. The number of nitrogens with zero attached hydrogens (tertiary/aromatic N) is 1. The number of aromatic carboxylic acids is 1. The summed E-state index contributed by atoms with van der Waals surface area (Å²) in [5.74, 6) is -1.08. The van der Waals surface area contributed by atoms with Gasteiger partial charge in [-0.05, 0) is 22.0 Å². The second kappa shape index (κ2) is 3.23. The standard InChI is InChI=1S/C9H7BrN2O3/c1-12-3-5(10)4-2-6(9(14)15)11-7(4)8(12)13/h2-3,11H,1H3,(H,14,15). The molecule has 2 aromatic rings. The number of nitrogens with one attached hydrogen (secondary N) is 1. The number of hydrogen-bond acceptors (Lipinski definition) is 2. The third kappa shape index (κ3) is 1.46. The van der Waals surface area contributed by atoms with E-state index in [9.17, 15) is 9.59 Å². The molecular weight excluding hydrogens is 264 g/mol. The van der Waals surface area contributed by atoms with Crippen LogP contribution in [-0.4, -0.2) is 20.6 Å². The maximum atomic E-state index is 11.6. The Balaban J connectivity index is 2.92.